The van der Waals surface area contributed by atoms with E-state index in [0.29, 0.717) is 18.5 Å². The molecule has 1 N–H and O–H groups in total. The average Bonchev–Trinajstić information content (AvgIpc) is 2.89. The maximum atomic E-state index is 13.1. The molecule has 2 aromatic carbocycles. The number of carbonyl (C=O) groups excluding carboxylic acids is 1. The summed E-state index contributed by atoms with van der Waals surface area (Å²) in [5.41, 5.74) is 2.45. The summed E-state index contributed by atoms with van der Waals surface area (Å²) in [6.45, 7) is 0.475. The summed E-state index contributed by atoms with van der Waals surface area (Å²) in [4.78, 5) is 12.4. The molecule has 22 heavy (non-hydrogen) atoms. The van der Waals surface area contributed by atoms with Crippen molar-refractivity contribution in [2.24, 2.45) is 7.05 Å². The summed E-state index contributed by atoms with van der Waals surface area (Å²) in [6.07, 6.45) is 2.54. The monoisotopic (exact) mass is 296 g/mol. The van der Waals surface area contributed by atoms with Gasteiger partial charge in [0.2, 0.25) is 0 Å². The van der Waals surface area contributed by atoms with Crippen molar-refractivity contribution in [3.63, 3.8) is 0 Å². The van der Waals surface area contributed by atoms with Crippen LogP contribution in [-0.4, -0.2) is 17.0 Å². The Morgan fingerprint density at radius 2 is 2.00 bits per heavy atom. The number of hydrogen-bond donors (Lipinski definition) is 1. The van der Waals surface area contributed by atoms with E-state index in [1.54, 1.807) is 6.07 Å². The molecule has 1 amide bonds. The van der Waals surface area contributed by atoms with E-state index in [0.717, 1.165) is 16.5 Å². The van der Waals surface area contributed by atoms with Gasteiger partial charge in [0, 0.05) is 25.2 Å². The molecule has 0 aliphatic carbocycles. The third kappa shape index (κ3) is 2.86. The number of aryl methyl sites for hydroxylation is 1. The third-order valence-corrected chi connectivity index (χ3v) is 3.73. The van der Waals surface area contributed by atoms with E-state index < -0.39 is 0 Å². The minimum atomic E-state index is -0.252. The first-order valence-electron chi connectivity index (χ1n) is 7.22. The van der Waals surface area contributed by atoms with Crippen molar-refractivity contribution in [3.8, 4) is 0 Å². The maximum absolute atomic E-state index is 13.1. The van der Waals surface area contributed by atoms with Crippen LogP contribution in [0.25, 0.3) is 10.9 Å². The highest BCUT2D eigenvalue weighted by Crippen LogP contribution is 2.19. The Morgan fingerprint density at radius 3 is 2.82 bits per heavy atom. The van der Waals surface area contributed by atoms with Crippen LogP contribution in [0, 0.1) is 5.82 Å². The molecule has 0 atom stereocenters. The average molecular weight is 296 g/mol. The Hall–Kier alpha value is -2.62. The molecular formula is C18H17FN2O. The molecule has 0 bridgehead atoms. The van der Waals surface area contributed by atoms with Gasteiger partial charge in [-0.15, -0.1) is 0 Å². The predicted octanol–water partition coefficient (Wildman–Crippen LogP) is 3.29. The highest BCUT2D eigenvalue weighted by atomic mass is 19.1. The number of aromatic nitrogens is 1. The summed E-state index contributed by atoms with van der Waals surface area (Å²) in [5, 5.41) is 3.94. The van der Waals surface area contributed by atoms with Crippen LogP contribution in [0.1, 0.15) is 15.9 Å². The molecule has 4 heteroatoms. The maximum Gasteiger partial charge on any atom is 0.253 e. The number of hydrogen-bond acceptors (Lipinski definition) is 1. The van der Waals surface area contributed by atoms with E-state index in [4.69, 9.17) is 0 Å². The van der Waals surface area contributed by atoms with Crippen molar-refractivity contribution >= 4 is 16.8 Å². The Labute approximate surface area is 128 Å². The van der Waals surface area contributed by atoms with Crippen molar-refractivity contribution in [3.05, 3.63) is 71.7 Å². The zero-order valence-electron chi connectivity index (χ0n) is 12.3. The minimum Gasteiger partial charge on any atom is -0.352 e. The first-order valence-corrected chi connectivity index (χ1v) is 7.22. The summed E-state index contributed by atoms with van der Waals surface area (Å²) in [7, 11) is 1.92. The number of amides is 1. The van der Waals surface area contributed by atoms with Crippen LogP contribution in [0.15, 0.2) is 54.7 Å². The number of rotatable bonds is 4. The van der Waals surface area contributed by atoms with Gasteiger partial charge in [-0.25, -0.2) is 4.39 Å². The molecule has 3 aromatic rings. The molecular weight excluding hydrogens is 279 g/mol. The van der Waals surface area contributed by atoms with Gasteiger partial charge in [-0.2, -0.15) is 0 Å². The smallest absolute Gasteiger partial charge is 0.253 e. The summed E-state index contributed by atoms with van der Waals surface area (Å²) in [6, 6.07) is 14.1. The van der Waals surface area contributed by atoms with Gasteiger partial charge in [0.25, 0.3) is 5.91 Å². The van der Waals surface area contributed by atoms with Gasteiger partial charge in [0.1, 0.15) is 5.82 Å². The van der Waals surface area contributed by atoms with Crippen LogP contribution < -0.4 is 5.32 Å². The second kappa shape index (κ2) is 6.02. The Balaban J connectivity index is 1.70. The van der Waals surface area contributed by atoms with Gasteiger partial charge in [-0.05, 0) is 36.2 Å². The number of fused-ring (bicyclic) bond motifs is 1. The Kier molecular flexibility index (Phi) is 3.92. The van der Waals surface area contributed by atoms with Gasteiger partial charge in [0.05, 0.1) is 11.1 Å². The molecule has 0 spiro atoms. The second-order valence-corrected chi connectivity index (χ2v) is 5.31. The Morgan fingerprint density at radius 1 is 1.18 bits per heavy atom. The standard InChI is InChI=1S/C18H17FN2O/c1-21-11-9-14-5-3-7-16(17(14)21)18(22)20-10-8-13-4-2-6-15(19)12-13/h2-7,9,11-12H,8,10H2,1H3,(H,20,22). The number of nitrogens with one attached hydrogen (secondary N) is 1. The fourth-order valence-corrected chi connectivity index (χ4v) is 2.65. The molecule has 0 saturated heterocycles. The molecule has 0 radical (unpaired) electrons. The van der Waals surface area contributed by atoms with Crippen molar-refractivity contribution < 1.29 is 9.18 Å². The van der Waals surface area contributed by atoms with Gasteiger partial charge < -0.3 is 9.88 Å². The summed E-state index contributed by atoms with van der Waals surface area (Å²) < 4.78 is 15.1. The third-order valence-electron chi connectivity index (χ3n) is 3.73. The molecule has 112 valence electrons. The molecule has 0 unspecified atom stereocenters. The molecule has 0 aliphatic heterocycles. The number of halogens is 1. The lowest BCUT2D eigenvalue weighted by Gasteiger charge is -2.08. The van der Waals surface area contributed by atoms with Crippen molar-refractivity contribution in [2.45, 2.75) is 6.42 Å². The first-order chi connectivity index (χ1) is 10.6. The topological polar surface area (TPSA) is 34.0 Å². The van der Waals surface area contributed by atoms with Crippen molar-refractivity contribution in [2.75, 3.05) is 6.54 Å². The van der Waals surface area contributed by atoms with Crippen LogP contribution >= 0.6 is 0 Å². The lowest BCUT2D eigenvalue weighted by Crippen LogP contribution is -2.26. The second-order valence-electron chi connectivity index (χ2n) is 5.31. The number of para-hydroxylation sites is 1. The largest absolute Gasteiger partial charge is 0.352 e. The lowest BCUT2D eigenvalue weighted by molar-refractivity contribution is 0.0955. The van der Waals surface area contributed by atoms with Gasteiger partial charge in [0.15, 0.2) is 0 Å². The Bertz CT molecular complexity index is 823. The molecule has 1 heterocycles. The number of carbonyl (C=O) groups is 1. The fourth-order valence-electron chi connectivity index (χ4n) is 2.65. The predicted molar refractivity (Wildman–Crippen MR) is 85.4 cm³/mol. The molecule has 0 saturated carbocycles. The number of nitrogens with zero attached hydrogens (tertiary/aromatic N) is 1. The highest BCUT2D eigenvalue weighted by Gasteiger charge is 2.11. The van der Waals surface area contributed by atoms with E-state index in [9.17, 15) is 9.18 Å². The van der Waals surface area contributed by atoms with Crippen molar-refractivity contribution in [1.82, 2.24) is 9.88 Å². The SMILES string of the molecule is Cn1ccc2cccc(C(=O)NCCc3cccc(F)c3)c21. The minimum absolute atomic E-state index is 0.108. The van der Waals surface area contributed by atoms with E-state index in [1.165, 1.54) is 12.1 Å². The summed E-state index contributed by atoms with van der Waals surface area (Å²) in [5.74, 6) is -0.360. The van der Waals surface area contributed by atoms with Crippen LogP contribution in [0.4, 0.5) is 4.39 Å². The van der Waals surface area contributed by atoms with Gasteiger partial charge >= 0.3 is 0 Å². The lowest BCUT2D eigenvalue weighted by atomic mass is 10.1. The highest BCUT2D eigenvalue weighted by molar-refractivity contribution is 6.05. The zero-order valence-corrected chi connectivity index (χ0v) is 12.3. The fraction of sp³-hybridized carbons (Fsp3) is 0.167. The molecule has 0 fully saturated rings. The van der Waals surface area contributed by atoms with Gasteiger partial charge in [-0.3, -0.25) is 4.79 Å². The molecule has 0 aliphatic rings. The molecule has 3 rings (SSSR count). The van der Waals surface area contributed by atoms with Crippen LogP contribution in [0.3, 0.4) is 0 Å². The normalized spacial score (nSPS) is 10.8. The first kappa shape index (κ1) is 14.3. The van der Waals surface area contributed by atoms with E-state index in [1.807, 2.05) is 48.1 Å². The summed E-state index contributed by atoms with van der Waals surface area (Å²) >= 11 is 0. The van der Waals surface area contributed by atoms with Gasteiger partial charge in [-0.1, -0.05) is 24.3 Å². The zero-order chi connectivity index (χ0) is 15.5. The quantitative estimate of drug-likeness (QED) is 0.787. The number of benzene rings is 2. The molecule has 1 aromatic heterocycles. The van der Waals surface area contributed by atoms with Crippen LogP contribution in [0.5, 0.6) is 0 Å². The van der Waals surface area contributed by atoms with E-state index in [-0.39, 0.29) is 11.7 Å². The van der Waals surface area contributed by atoms with E-state index >= 15 is 0 Å². The van der Waals surface area contributed by atoms with E-state index in [2.05, 4.69) is 5.32 Å². The molecule has 3 nitrogen and oxygen atoms in total. The van der Waals surface area contributed by atoms with Crippen LogP contribution in [-0.2, 0) is 13.5 Å². The van der Waals surface area contributed by atoms with Crippen molar-refractivity contribution in [1.29, 1.82) is 0 Å². The van der Waals surface area contributed by atoms with Crippen LogP contribution in [0.2, 0.25) is 0 Å².